The first-order chi connectivity index (χ1) is 13.3. The van der Waals surface area contributed by atoms with Crippen LogP contribution in [0.1, 0.15) is 34.3 Å². The number of rotatable bonds is 9. The molecule has 0 unspecified atom stereocenters. The Hall–Kier alpha value is -1.67. The second kappa shape index (κ2) is 10.8. The van der Waals surface area contributed by atoms with Crippen LogP contribution >= 0.6 is 34.5 Å². The molecule has 1 heterocycles. The van der Waals surface area contributed by atoms with E-state index in [2.05, 4.69) is 10.3 Å². The van der Waals surface area contributed by atoms with E-state index in [0.29, 0.717) is 46.9 Å². The first-order valence-electron chi connectivity index (χ1n) is 8.87. The van der Waals surface area contributed by atoms with Gasteiger partial charge in [-0.15, -0.1) is 11.3 Å². The number of hydrogen-bond acceptors (Lipinski definition) is 5. The van der Waals surface area contributed by atoms with E-state index in [4.69, 9.17) is 27.9 Å². The summed E-state index contributed by atoms with van der Waals surface area (Å²) in [6.45, 7) is 7.09. The van der Waals surface area contributed by atoms with Gasteiger partial charge in [-0.25, -0.2) is 4.98 Å². The topological polar surface area (TPSA) is 71.5 Å². The summed E-state index contributed by atoms with van der Waals surface area (Å²) in [6, 6.07) is 4.63. The van der Waals surface area contributed by atoms with Crippen LogP contribution in [0.15, 0.2) is 18.2 Å². The van der Waals surface area contributed by atoms with Gasteiger partial charge in [0, 0.05) is 40.2 Å². The van der Waals surface area contributed by atoms with Crippen molar-refractivity contribution in [1.82, 2.24) is 9.88 Å². The van der Waals surface area contributed by atoms with Crippen molar-refractivity contribution in [2.24, 2.45) is 0 Å². The van der Waals surface area contributed by atoms with Gasteiger partial charge >= 0.3 is 0 Å². The largest absolute Gasteiger partial charge is 0.382 e. The highest BCUT2D eigenvalue weighted by atomic mass is 35.5. The van der Waals surface area contributed by atoms with Gasteiger partial charge in [0.1, 0.15) is 6.54 Å². The zero-order valence-corrected chi connectivity index (χ0v) is 18.4. The summed E-state index contributed by atoms with van der Waals surface area (Å²) in [4.78, 5) is 32.2. The lowest BCUT2D eigenvalue weighted by Gasteiger charge is -2.22. The first-order valence-corrected chi connectivity index (χ1v) is 10.4. The minimum absolute atomic E-state index is 0.104. The van der Waals surface area contributed by atoms with Gasteiger partial charge < -0.3 is 15.0 Å². The summed E-state index contributed by atoms with van der Waals surface area (Å²) in [5.74, 6) is -0.630. The number of halogens is 2. The van der Waals surface area contributed by atoms with Gasteiger partial charge in [0.25, 0.3) is 5.91 Å². The number of anilines is 1. The smallest absolute Gasteiger partial charge is 0.254 e. The molecule has 0 spiro atoms. The predicted octanol–water partition coefficient (Wildman–Crippen LogP) is 4.57. The molecule has 2 rings (SSSR count). The van der Waals surface area contributed by atoms with E-state index < -0.39 is 0 Å². The summed E-state index contributed by atoms with van der Waals surface area (Å²) in [6.07, 6.45) is 0.608. The number of ether oxygens (including phenoxy) is 1. The monoisotopic (exact) mass is 443 g/mol. The number of carbonyl (C=O) groups excluding carboxylic acids is 2. The van der Waals surface area contributed by atoms with Crippen molar-refractivity contribution in [2.45, 2.75) is 27.2 Å². The Kier molecular flexibility index (Phi) is 8.69. The van der Waals surface area contributed by atoms with Crippen molar-refractivity contribution in [2.75, 3.05) is 31.6 Å². The van der Waals surface area contributed by atoms with E-state index in [1.54, 1.807) is 6.07 Å². The average Bonchev–Trinajstić information content (AvgIpc) is 2.93. The van der Waals surface area contributed by atoms with Crippen LogP contribution in [0.5, 0.6) is 0 Å². The molecule has 6 nitrogen and oxygen atoms in total. The van der Waals surface area contributed by atoms with Gasteiger partial charge in [-0.2, -0.15) is 0 Å². The molecule has 0 radical (unpaired) electrons. The minimum atomic E-state index is -0.317. The third-order valence-corrected chi connectivity index (χ3v) is 5.35. The van der Waals surface area contributed by atoms with Gasteiger partial charge in [0.05, 0.1) is 5.69 Å². The molecular weight excluding hydrogens is 421 g/mol. The number of hydrogen-bond donors (Lipinski definition) is 1. The minimum Gasteiger partial charge on any atom is -0.382 e. The lowest BCUT2D eigenvalue weighted by Crippen LogP contribution is -2.39. The molecule has 1 aromatic heterocycles. The average molecular weight is 444 g/mol. The lowest BCUT2D eigenvalue weighted by atomic mass is 10.2. The third-order valence-electron chi connectivity index (χ3n) is 3.93. The molecule has 0 aliphatic heterocycles. The molecule has 152 valence electrons. The van der Waals surface area contributed by atoms with Crippen LogP contribution in [0.25, 0.3) is 0 Å². The standard InChI is InChI=1S/C19H23Cl2N3O3S/c1-4-27-7-5-6-24(18(26)14-8-15(20)10-16(21)9-14)11-17(25)23-19-22-12(2)13(3)28-19/h8-10H,4-7,11H2,1-3H3,(H,22,23,25). The molecule has 0 saturated heterocycles. The van der Waals surface area contributed by atoms with Crippen molar-refractivity contribution in [3.05, 3.63) is 44.4 Å². The second-order valence-corrected chi connectivity index (χ2v) is 8.22. The molecule has 1 N–H and O–H groups in total. The summed E-state index contributed by atoms with van der Waals surface area (Å²) in [7, 11) is 0. The Labute approximate surface area is 178 Å². The van der Waals surface area contributed by atoms with E-state index in [0.717, 1.165) is 10.6 Å². The van der Waals surface area contributed by atoms with Gasteiger partial charge in [-0.1, -0.05) is 23.2 Å². The van der Waals surface area contributed by atoms with Crippen LogP contribution in [0, 0.1) is 13.8 Å². The molecule has 0 atom stereocenters. The van der Waals surface area contributed by atoms with E-state index >= 15 is 0 Å². The molecule has 0 fully saturated rings. The third kappa shape index (κ3) is 6.74. The zero-order valence-electron chi connectivity index (χ0n) is 16.1. The Morgan fingerprint density at radius 2 is 1.89 bits per heavy atom. The zero-order chi connectivity index (χ0) is 20.7. The van der Waals surface area contributed by atoms with Gasteiger partial charge in [0.15, 0.2) is 5.13 Å². The van der Waals surface area contributed by atoms with Gasteiger partial charge in [0.2, 0.25) is 5.91 Å². The van der Waals surface area contributed by atoms with Crippen LogP contribution in [0.2, 0.25) is 10.0 Å². The molecular formula is C19H23Cl2N3O3S. The van der Waals surface area contributed by atoms with E-state index in [-0.39, 0.29) is 18.4 Å². The Morgan fingerprint density at radius 1 is 1.21 bits per heavy atom. The van der Waals surface area contributed by atoms with Crippen molar-refractivity contribution < 1.29 is 14.3 Å². The van der Waals surface area contributed by atoms with Gasteiger partial charge in [-0.05, 0) is 45.4 Å². The molecule has 2 aromatic rings. The Balaban J connectivity index is 2.10. The molecule has 0 aliphatic carbocycles. The fraction of sp³-hybridized carbons (Fsp3) is 0.421. The lowest BCUT2D eigenvalue weighted by molar-refractivity contribution is -0.116. The fourth-order valence-electron chi connectivity index (χ4n) is 2.47. The number of aryl methyl sites for hydroxylation is 2. The SMILES string of the molecule is CCOCCCN(CC(=O)Nc1nc(C)c(C)s1)C(=O)c1cc(Cl)cc(Cl)c1. The number of thiazole rings is 1. The van der Waals surface area contributed by atoms with E-state index in [9.17, 15) is 9.59 Å². The summed E-state index contributed by atoms with van der Waals surface area (Å²) < 4.78 is 5.34. The summed E-state index contributed by atoms with van der Waals surface area (Å²) >= 11 is 13.4. The number of aromatic nitrogens is 1. The quantitative estimate of drug-likeness (QED) is 0.575. The normalized spacial score (nSPS) is 10.8. The molecule has 0 bridgehead atoms. The van der Waals surface area contributed by atoms with Crippen LogP contribution in [0.4, 0.5) is 5.13 Å². The Bertz CT molecular complexity index is 802. The van der Waals surface area contributed by atoms with Crippen molar-refractivity contribution in [3.63, 3.8) is 0 Å². The maximum atomic E-state index is 12.9. The number of amides is 2. The molecule has 9 heteroatoms. The maximum absolute atomic E-state index is 12.9. The second-order valence-electron chi connectivity index (χ2n) is 6.14. The van der Waals surface area contributed by atoms with Crippen LogP contribution in [0.3, 0.4) is 0 Å². The van der Waals surface area contributed by atoms with Crippen LogP contribution < -0.4 is 5.32 Å². The summed E-state index contributed by atoms with van der Waals surface area (Å²) in [5.41, 5.74) is 1.21. The molecule has 2 amide bonds. The Morgan fingerprint density at radius 3 is 2.46 bits per heavy atom. The molecule has 1 aromatic carbocycles. The molecule has 0 saturated carbocycles. The fourth-order valence-corrected chi connectivity index (χ4v) is 3.83. The summed E-state index contributed by atoms with van der Waals surface area (Å²) in [5, 5.41) is 4.01. The van der Waals surface area contributed by atoms with E-state index in [1.165, 1.54) is 28.4 Å². The number of nitrogens with one attached hydrogen (secondary N) is 1. The highest BCUT2D eigenvalue weighted by Crippen LogP contribution is 2.22. The first kappa shape index (κ1) is 22.6. The van der Waals surface area contributed by atoms with Crippen molar-refractivity contribution in [3.8, 4) is 0 Å². The maximum Gasteiger partial charge on any atom is 0.254 e. The number of nitrogens with zero attached hydrogens (tertiary/aromatic N) is 2. The highest BCUT2D eigenvalue weighted by molar-refractivity contribution is 7.15. The van der Waals surface area contributed by atoms with Crippen LogP contribution in [-0.2, 0) is 9.53 Å². The van der Waals surface area contributed by atoms with Crippen molar-refractivity contribution >= 4 is 51.5 Å². The number of carbonyl (C=O) groups is 2. The van der Waals surface area contributed by atoms with Crippen molar-refractivity contribution in [1.29, 1.82) is 0 Å². The molecule has 0 aliphatic rings. The van der Waals surface area contributed by atoms with Gasteiger partial charge in [-0.3, -0.25) is 9.59 Å². The predicted molar refractivity (Wildman–Crippen MR) is 114 cm³/mol. The highest BCUT2D eigenvalue weighted by Gasteiger charge is 2.20. The molecule has 28 heavy (non-hydrogen) atoms. The van der Waals surface area contributed by atoms with Crippen LogP contribution in [-0.4, -0.2) is 48.0 Å². The number of benzene rings is 1. The van der Waals surface area contributed by atoms with E-state index in [1.807, 2.05) is 20.8 Å².